The van der Waals surface area contributed by atoms with Crippen LogP contribution in [0, 0.1) is 20.8 Å². The van der Waals surface area contributed by atoms with Crippen molar-refractivity contribution < 1.29 is 9.59 Å². The average Bonchev–Trinajstić information content (AvgIpc) is 3.10. The number of nitrogens with zero attached hydrogens (tertiary/aromatic N) is 4. The van der Waals surface area contributed by atoms with E-state index in [2.05, 4.69) is 32.0 Å². The smallest absolute Gasteiger partial charge is 0.228 e. The van der Waals surface area contributed by atoms with Gasteiger partial charge < -0.3 is 14.2 Å². The van der Waals surface area contributed by atoms with Crippen LogP contribution in [-0.2, 0) is 16.0 Å². The van der Waals surface area contributed by atoms with Gasteiger partial charge in [-0.25, -0.2) is 4.98 Å². The van der Waals surface area contributed by atoms with Gasteiger partial charge in [0.2, 0.25) is 12.3 Å². The Morgan fingerprint density at radius 2 is 1.79 bits per heavy atom. The van der Waals surface area contributed by atoms with Gasteiger partial charge in [0.25, 0.3) is 0 Å². The van der Waals surface area contributed by atoms with Crippen molar-refractivity contribution in [1.82, 2.24) is 19.2 Å². The summed E-state index contributed by atoms with van der Waals surface area (Å²) in [5, 5.41) is 0. The van der Waals surface area contributed by atoms with Crippen molar-refractivity contribution in [3.63, 3.8) is 0 Å². The standard InChI is InChI=1S/C23H26N4O2/c1-16-6-7-19(13-18(16)3)22-20(27-8-4-5-17(2)23(27)24-22)14-21(29)26-11-9-25(15-28)10-12-26/h4-8,13,15H,9-12,14H2,1-3H3. The van der Waals surface area contributed by atoms with Crippen LogP contribution in [0.15, 0.2) is 36.5 Å². The second-order valence-electron chi connectivity index (χ2n) is 7.79. The van der Waals surface area contributed by atoms with Crippen LogP contribution in [0.2, 0.25) is 0 Å². The van der Waals surface area contributed by atoms with Crippen LogP contribution >= 0.6 is 0 Å². The maximum Gasteiger partial charge on any atom is 0.228 e. The van der Waals surface area contributed by atoms with Crippen LogP contribution in [0.25, 0.3) is 16.9 Å². The van der Waals surface area contributed by atoms with Gasteiger partial charge in [-0.3, -0.25) is 9.59 Å². The molecule has 2 amide bonds. The van der Waals surface area contributed by atoms with Gasteiger partial charge in [-0.1, -0.05) is 18.2 Å². The number of carbonyl (C=O) groups excluding carboxylic acids is 2. The normalized spacial score (nSPS) is 14.4. The van der Waals surface area contributed by atoms with E-state index >= 15 is 0 Å². The predicted octanol–water partition coefficient (Wildman–Crippen LogP) is 2.77. The third-order valence-electron chi connectivity index (χ3n) is 5.86. The molecule has 0 radical (unpaired) electrons. The van der Waals surface area contributed by atoms with Crippen molar-refractivity contribution in [2.24, 2.45) is 0 Å². The minimum absolute atomic E-state index is 0.0731. The molecule has 0 bridgehead atoms. The molecule has 0 N–H and O–H groups in total. The highest BCUT2D eigenvalue weighted by molar-refractivity contribution is 5.82. The van der Waals surface area contributed by atoms with Crippen LogP contribution in [0.5, 0.6) is 0 Å². The lowest BCUT2D eigenvalue weighted by Gasteiger charge is -2.32. The predicted molar refractivity (Wildman–Crippen MR) is 113 cm³/mol. The molecule has 1 aromatic carbocycles. The molecule has 0 spiro atoms. The number of imidazole rings is 1. The molecule has 29 heavy (non-hydrogen) atoms. The topological polar surface area (TPSA) is 57.9 Å². The molecule has 2 aromatic heterocycles. The summed E-state index contributed by atoms with van der Waals surface area (Å²) >= 11 is 0. The highest BCUT2D eigenvalue weighted by Crippen LogP contribution is 2.28. The highest BCUT2D eigenvalue weighted by atomic mass is 16.2. The zero-order chi connectivity index (χ0) is 20.5. The van der Waals surface area contributed by atoms with Gasteiger partial charge >= 0.3 is 0 Å². The Labute approximate surface area is 170 Å². The zero-order valence-electron chi connectivity index (χ0n) is 17.2. The minimum atomic E-state index is 0.0731. The van der Waals surface area contributed by atoms with E-state index in [9.17, 15) is 9.59 Å². The largest absolute Gasteiger partial charge is 0.342 e. The van der Waals surface area contributed by atoms with Crippen LogP contribution in [0.4, 0.5) is 0 Å². The number of aromatic nitrogens is 2. The number of hydrogen-bond acceptors (Lipinski definition) is 3. The molecule has 0 aliphatic carbocycles. The Morgan fingerprint density at radius 3 is 2.48 bits per heavy atom. The van der Waals surface area contributed by atoms with Crippen molar-refractivity contribution in [3.05, 3.63) is 58.9 Å². The number of carbonyl (C=O) groups is 2. The van der Waals surface area contributed by atoms with E-state index in [0.717, 1.165) is 34.6 Å². The molecule has 1 fully saturated rings. The Balaban J connectivity index is 1.72. The van der Waals surface area contributed by atoms with Gasteiger partial charge in [-0.15, -0.1) is 0 Å². The summed E-state index contributed by atoms with van der Waals surface area (Å²) in [6, 6.07) is 10.4. The number of amides is 2. The molecule has 6 nitrogen and oxygen atoms in total. The Morgan fingerprint density at radius 1 is 1.03 bits per heavy atom. The first-order chi connectivity index (χ1) is 14.0. The molecule has 3 heterocycles. The molecular weight excluding hydrogens is 364 g/mol. The van der Waals surface area contributed by atoms with E-state index in [0.29, 0.717) is 26.2 Å². The number of pyridine rings is 1. The number of piperazine rings is 1. The monoisotopic (exact) mass is 390 g/mol. The number of fused-ring (bicyclic) bond motifs is 1. The van der Waals surface area contributed by atoms with Crippen LogP contribution in [-0.4, -0.2) is 57.7 Å². The number of aryl methyl sites for hydroxylation is 3. The molecule has 0 unspecified atom stereocenters. The molecule has 1 saturated heterocycles. The summed E-state index contributed by atoms with van der Waals surface area (Å²) in [6.07, 6.45) is 3.12. The van der Waals surface area contributed by atoms with E-state index in [4.69, 9.17) is 4.98 Å². The summed E-state index contributed by atoms with van der Waals surface area (Å²) < 4.78 is 2.04. The molecule has 0 saturated carbocycles. The first-order valence-corrected chi connectivity index (χ1v) is 9.99. The number of hydrogen-bond donors (Lipinski definition) is 0. The van der Waals surface area contributed by atoms with Crippen molar-refractivity contribution in [2.45, 2.75) is 27.2 Å². The SMILES string of the molecule is Cc1ccc(-c2nc3c(C)cccn3c2CC(=O)N2CCN(C=O)CC2)cc1C. The fourth-order valence-electron chi connectivity index (χ4n) is 3.87. The van der Waals surface area contributed by atoms with Crippen molar-refractivity contribution >= 4 is 18.0 Å². The Bertz CT molecular complexity index is 1080. The van der Waals surface area contributed by atoms with Gasteiger partial charge in [0.1, 0.15) is 5.65 Å². The molecule has 1 aliphatic rings. The second-order valence-corrected chi connectivity index (χ2v) is 7.79. The van der Waals surface area contributed by atoms with Crippen molar-refractivity contribution in [3.8, 4) is 11.3 Å². The first-order valence-electron chi connectivity index (χ1n) is 9.99. The lowest BCUT2D eigenvalue weighted by molar-refractivity contribution is -0.134. The molecule has 1 aliphatic heterocycles. The minimum Gasteiger partial charge on any atom is -0.342 e. The summed E-state index contributed by atoms with van der Waals surface area (Å²) in [5.74, 6) is 0.0731. The van der Waals surface area contributed by atoms with E-state index in [-0.39, 0.29) is 12.3 Å². The van der Waals surface area contributed by atoms with E-state index in [1.54, 1.807) is 4.90 Å². The van der Waals surface area contributed by atoms with E-state index in [1.807, 2.05) is 34.6 Å². The lowest BCUT2D eigenvalue weighted by atomic mass is 10.0. The van der Waals surface area contributed by atoms with Crippen LogP contribution in [0.3, 0.4) is 0 Å². The molecule has 150 valence electrons. The quantitative estimate of drug-likeness (QED) is 0.644. The van der Waals surface area contributed by atoms with Crippen LogP contribution in [0.1, 0.15) is 22.4 Å². The summed E-state index contributed by atoms with van der Waals surface area (Å²) in [6.45, 7) is 8.56. The molecule has 4 rings (SSSR count). The lowest BCUT2D eigenvalue weighted by Crippen LogP contribution is -2.48. The van der Waals surface area contributed by atoms with Gasteiger partial charge in [0.05, 0.1) is 17.8 Å². The van der Waals surface area contributed by atoms with E-state index in [1.165, 1.54) is 11.1 Å². The van der Waals surface area contributed by atoms with Gasteiger partial charge in [0, 0.05) is 37.9 Å². The zero-order valence-corrected chi connectivity index (χ0v) is 17.2. The summed E-state index contributed by atoms with van der Waals surface area (Å²) in [7, 11) is 0. The number of benzene rings is 1. The van der Waals surface area contributed by atoms with E-state index < -0.39 is 0 Å². The summed E-state index contributed by atoms with van der Waals surface area (Å²) in [4.78, 5) is 32.5. The van der Waals surface area contributed by atoms with Crippen molar-refractivity contribution in [1.29, 1.82) is 0 Å². The first kappa shape index (κ1) is 19.2. The summed E-state index contributed by atoms with van der Waals surface area (Å²) in [5.41, 5.74) is 7.21. The van der Waals surface area contributed by atoms with Gasteiger partial charge in [0.15, 0.2) is 0 Å². The second kappa shape index (κ2) is 7.70. The molecule has 3 aromatic rings. The average molecular weight is 390 g/mol. The maximum absolute atomic E-state index is 13.1. The molecule has 0 atom stereocenters. The fourth-order valence-corrected chi connectivity index (χ4v) is 3.87. The Hall–Kier alpha value is -3.15. The van der Waals surface area contributed by atoms with Crippen molar-refractivity contribution in [2.75, 3.05) is 26.2 Å². The third kappa shape index (κ3) is 3.62. The molecule has 6 heteroatoms. The Kier molecular flexibility index (Phi) is 5.09. The van der Waals surface area contributed by atoms with Gasteiger partial charge in [-0.05, 0) is 49.6 Å². The third-order valence-corrected chi connectivity index (χ3v) is 5.86. The maximum atomic E-state index is 13.1. The fraction of sp³-hybridized carbons (Fsp3) is 0.348. The molecular formula is C23H26N4O2. The van der Waals surface area contributed by atoms with Crippen LogP contribution < -0.4 is 0 Å². The number of rotatable bonds is 4. The van der Waals surface area contributed by atoms with Gasteiger partial charge in [-0.2, -0.15) is 0 Å². The highest BCUT2D eigenvalue weighted by Gasteiger charge is 2.24.